The number of anilines is 2. The number of nitrogens with zero attached hydrogens (tertiary/aromatic N) is 4. The molecule has 0 N–H and O–H groups in total. The van der Waals surface area contributed by atoms with Crippen molar-refractivity contribution in [2.24, 2.45) is 0 Å². The Balaban J connectivity index is 1.66. The highest BCUT2D eigenvalue weighted by atomic mass is 35.5. The third-order valence-electron chi connectivity index (χ3n) is 3.39. The van der Waals surface area contributed by atoms with Crippen LogP contribution in [-0.4, -0.2) is 36.1 Å². The minimum absolute atomic E-state index is 0.207. The topological polar surface area (TPSA) is 32.3 Å². The Kier molecular flexibility index (Phi) is 3.69. The molecule has 0 amide bonds. The molecule has 0 radical (unpaired) electrons. The number of piperazine rings is 1. The van der Waals surface area contributed by atoms with Crippen LogP contribution >= 0.6 is 11.6 Å². The van der Waals surface area contributed by atoms with Crippen LogP contribution < -0.4 is 9.80 Å². The van der Waals surface area contributed by atoms with Gasteiger partial charge in [-0.2, -0.15) is 0 Å². The first kappa shape index (κ1) is 13.1. The van der Waals surface area contributed by atoms with Crippen LogP contribution in [0.2, 0.25) is 5.15 Å². The fourth-order valence-electron chi connectivity index (χ4n) is 2.33. The molecule has 0 bridgehead atoms. The summed E-state index contributed by atoms with van der Waals surface area (Å²) in [6.07, 6.45) is 3.25. The summed E-state index contributed by atoms with van der Waals surface area (Å²) in [7, 11) is 0. The Bertz CT molecular complexity index is 582. The van der Waals surface area contributed by atoms with Gasteiger partial charge >= 0.3 is 0 Å². The molecule has 104 valence electrons. The van der Waals surface area contributed by atoms with E-state index in [9.17, 15) is 4.39 Å². The summed E-state index contributed by atoms with van der Waals surface area (Å²) in [5.41, 5.74) is 1.04. The van der Waals surface area contributed by atoms with E-state index in [4.69, 9.17) is 11.6 Å². The maximum Gasteiger partial charge on any atom is 0.149 e. The van der Waals surface area contributed by atoms with Crippen LogP contribution in [0, 0.1) is 5.82 Å². The summed E-state index contributed by atoms with van der Waals surface area (Å²) in [5, 5.41) is 0.406. The molecule has 3 rings (SSSR count). The lowest BCUT2D eigenvalue weighted by Gasteiger charge is -2.36. The van der Waals surface area contributed by atoms with Crippen LogP contribution in [-0.2, 0) is 0 Å². The molecule has 1 aromatic carbocycles. The largest absolute Gasteiger partial charge is 0.368 e. The summed E-state index contributed by atoms with van der Waals surface area (Å²) in [4.78, 5) is 12.7. The Labute approximate surface area is 121 Å². The zero-order valence-corrected chi connectivity index (χ0v) is 11.6. The Hall–Kier alpha value is -1.88. The van der Waals surface area contributed by atoms with Crippen molar-refractivity contribution in [3.8, 4) is 0 Å². The predicted molar refractivity (Wildman–Crippen MR) is 77.9 cm³/mol. The number of hydrogen-bond acceptors (Lipinski definition) is 4. The van der Waals surface area contributed by atoms with Gasteiger partial charge in [-0.25, -0.2) is 9.37 Å². The molecule has 4 nitrogen and oxygen atoms in total. The summed E-state index contributed by atoms with van der Waals surface area (Å²) in [5.74, 6) is 0.595. The second kappa shape index (κ2) is 5.63. The molecule has 2 heterocycles. The van der Waals surface area contributed by atoms with Crippen molar-refractivity contribution in [2.45, 2.75) is 0 Å². The van der Waals surface area contributed by atoms with Gasteiger partial charge in [0.05, 0.1) is 12.4 Å². The van der Waals surface area contributed by atoms with Gasteiger partial charge < -0.3 is 9.80 Å². The molecule has 2 aromatic rings. The number of benzene rings is 1. The maximum absolute atomic E-state index is 12.9. The van der Waals surface area contributed by atoms with Gasteiger partial charge in [0.1, 0.15) is 16.8 Å². The molecule has 0 saturated carbocycles. The number of rotatable bonds is 2. The van der Waals surface area contributed by atoms with Crippen molar-refractivity contribution in [1.29, 1.82) is 0 Å². The SMILES string of the molecule is Fc1ccc(N2CCN(c3cncc(Cl)n3)CC2)cc1. The average Bonchev–Trinajstić information content (AvgIpc) is 2.48. The molecule has 0 spiro atoms. The van der Waals surface area contributed by atoms with E-state index < -0.39 is 0 Å². The lowest BCUT2D eigenvalue weighted by Crippen LogP contribution is -2.46. The molecule has 1 saturated heterocycles. The highest BCUT2D eigenvalue weighted by Crippen LogP contribution is 2.19. The predicted octanol–water partition coefficient (Wildman–Crippen LogP) is 2.60. The quantitative estimate of drug-likeness (QED) is 0.852. The first-order chi connectivity index (χ1) is 9.72. The highest BCUT2D eigenvalue weighted by Gasteiger charge is 2.18. The fraction of sp³-hybridized carbons (Fsp3) is 0.286. The van der Waals surface area contributed by atoms with Crippen molar-refractivity contribution >= 4 is 23.1 Å². The summed E-state index contributed by atoms with van der Waals surface area (Å²) < 4.78 is 12.9. The minimum Gasteiger partial charge on any atom is -0.368 e. The molecule has 1 aromatic heterocycles. The molecular formula is C14H14ClFN4. The molecule has 20 heavy (non-hydrogen) atoms. The van der Waals surface area contributed by atoms with Gasteiger partial charge in [0.15, 0.2) is 0 Å². The van der Waals surface area contributed by atoms with E-state index in [1.165, 1.54) is 18.3 Å². The zero-order valence-electron chi connectivity index (χ0n) is 10.8. The molecule has 6 heteroatoms. The fourth-order valence-corrected chi connectivity index (χ4v) is 2.47. The van der Waals surface area contributed by atoms with Gasteiger partial charge in [-0.3, -0.25) is 4.98 Å². The third kappa shape index (κ3) is 2.82. The summed E-state index contributed by atoms with van der Waals surface area (Å²) in [6, 6.07) is 6.60. The smallest absolute Gasteiger partial charge is 0.149 e. The van der Waals surface area contributed by atoms with E-state index in [1.807, 2.05) is 12.1 Å². The van der Waals surface area contributed by atoms with Crippen LogP contribution in [0.3, 0.4) is 0 Å². The lowest BCUT2D eigenvalue weighted by molar-refractivity contribution is 0.624. The second-order valence-corrected chi connectivity index (χ2v) is 5.04. The van der Waals surface area contributed by atoms with E-state index in [0.717, 1.165) is 37.7 Å². The molecule has 1 aliphatic heterocycles. The van der Waals surface area contributed by atoms with Gasteiger partial charge in [-0.1, -0.05) is 11.6 Å². The number of halogens is 2. The Morgan fingerprint density at radius 2 is 1.60 bits per heavy atom. The molecule has 0 atom stereocenters. The normalized spacial score (nSPS) is 15.5. The zero-order chi connectivity index (χ0) is 13.9. The monoisotopic (exact) mass is 292 g/mol. The second-order valence-electron chi connectivity index (χ2n) is 4.65. The van der Waals surface area contributed by atoms with E-state index in [0.29, 0.717) is 5.15 Å². The standard InChI is InChI=1S/C14H14ClFN4/c15-13-9-17-10-14(18-13)20-7-5-19(6-8-20)12-3-1-11(16)2-4-12/h1-4,9-10H,5-8H2. The molecular weight excluding hydrogens is 279 g/mol. The van der Waals surface area contributed by atoms with E-state index in [-0.39, 0.29) is 5.82 Å². The highest BCUT2D eigenvalue weighted by molar-refractivity contribution is 6.29. The number of aromatic nitrogens is 2. The van der Waals surface area contributed by atoms with Crippen molar-refractivity contribution in [3.63, 3.8) is 0 Å². The van der Waals surface area contributed by atoms with E-state index >= 15 is 0 Å². The van der Waals surface area contributed by atoms with Crippen LogP contribution in [0.25, 0.3) is 0 Å². The summed E-state index contributed by atoms with van der Waals surface area (Å²) >= 11 is 5.86. The van der Waals surface area contributed by atoms with Crippen molar-refractivity contribution < 1.29 is 4.39 Å². The van der Waals surface area contributed by atoms with Gasteiger partial charge in [0.2, 0.25) is 0 Å². The Morgan fingerprint density at radius 1 is 0.950 bits per heavy atom. The molecule has 0 aliphatic carbocycles. The van der Waals surface area contributed by atoms with Crippen molar-refractivity contribution in [1.82, 2.24) is 9.97 Å². The van der Waals surface area contributed by atoms with Crippen LogP contribution in [0.15, 0.2) is 36.7 Å². The van der Waals surface area contributed by atoms with Crippen molar-refractivity contribution in [2.75, 3.05) is 36.0 Å². The van der Waals surface area contributed by atoms with Gasteiger partial charge in [0, 0.05) is 31.9 Å². The first-order valence-corrected chi connectivity index (χ1v) is 6.83. The lowest BCUT2D eigenvalue weighted by atomic mass is 10.2. The molecule has 0 unspecified atom stereocenters. The molecule has 1 fully saturated rings. The average molecular weight is 293 g/mol. The van der Waals surface area contributed by atoms with Crippen LogP contribution in [0.1, 0.15) is 0 Å². The minimum atomic E-state index is -0.207. The van der Waals surface area contributed by atoms with Gasteiger partial charge in [-0.05, 0) is 24.3 Å². The van der Waals surface area contributed by atoms with E-state index in [1.54, 1.807) is 6.20 Å². The summed E-state index contributed by atoms with van der Waals surface area (Å²) in [6.45, 7) is 3.40. The van der Waals surface area contributed by atoms with Crippen LogP contribution in [0.5, 0.6) is 0 Å². The number of hydrogen-bond donors (Lipinski definition) is 0. The van der Waals surface area contributed by atoms with E-state index in [2.05, 4.69) is 19.8 Å². The Morgan fingerprint density at radius 3 is 2.25 bits per heavy atom. The first-order valence-electron chi connectivity index (χ1n) is 6.45. The maximum atomic E-state index is 12.9. The third-order valence-corrected chi connectivity index (χ3v) is 3.57. The van der Waals surface area contributed by atoms with Gasteiger partial charge in [-0.15, -0.1) is 0 Å². The molecule has 1 aliphatic rings. The van der Waals surface area contributed by atoms with Crippen LogP contribution in [0.4, 0.5) is 15.9 Å². The van der Waals surface area contributed by atoms with Gasteiger partial charge in [0.25, 0.3) is 0 Å². The van der Waals surface area contributed by atoms with Crippen molar-refractivity contribution in [3.05, 3.63) is 47.6 Å².